The molecule has 1 aromatic rings. The van der Waals surface area contributed by atoms with Crippen molar-refractivity contribution < 1.29 is 4.74 Å². The average molecular weight is 305 g/mol. The van der Waals surface area contributed by atoms with Gasteiger partial charge in [-0.25, -0.2) is 0 Å². The van der Waals surface area contributed by atoms with Crippen molar-refractivity contribution in [2.75, 3.05) is 12.9 Å². The summed E-state index contributed by atoms with van der Waals surface area (Å²) in [5, 5.41) is 4.80. The highest BCUT2D eigenvalue weighted by Crippen LogP contribution is 2.36. The van der Waals surface area contributed by atoms with Crippen LogP contribution in [0.4, 0.5) is 0 Å². The van der Waals surface area contributed by atoms with Crippen LogP contribution in [-0.4, -0.2) is 24.2 Å². The molecule has 0 aromatic heterocycles. The molecule has 2 nitrogen and oxygen atoms in total. The number of fused-ring (bicyclic) bond motifs is 1. The largest absolute Gasteiger partial charge is 0.493 e. The Bertz CT molecular complexity index is 476. The van der Waals surface area contributed by atoms with Crippen LogP contribution in [0.15, 0.2) is 18.2 Å². The Hall–Kier alpha value is -0.670. The first-order valence-corrected chi connectivity index (χ1v) is 9.58. The van der Waals surface area contributed by atoms with Crippen LogP contribution in [0, 0.1) is 6.92 Å². The van der Waals surface area contributed by atoms with Crippen molar-refractivity contribution >= 4 is 11.8 Å². The van der Waals surface area contributed by atoms with E-state index in [4.69, 9.17) is 4.74 Å². The predicted octanol–water partition coefficient (Wildman–Crippen LogP) is 4.47. The van der Waals surface area contributed by atoms with Crippen molar-refractivity contribution in [2.24, 2.45) is 0 Å². The molecule has 0 bridgehead atoms. The minimum Gasteiger partial charge on any atom is -0.493 e. The standard InChI is InChI=1S/C18H27NOS/c1-13-6-3-9-16-17(10-5-11-20-18(13)16)19-14-7-4-8-15(12-14)21-2/h3,6,9,14-15,17,19H,4-5,7-8,10-12H2,1-2H3. The maximum absolute atomic E-state index is 6.00. The van der Waals surface area contributed by atoms with Gasteiger partial charge in [-0.1, -0.05) is 24.6 Å². The number of ether oxygens (including phenoxy) is 1. The van der Waals surface area contributed by atoms with E-state index < -0.39 is 0 Å². The van der Waals surface area contributed by atoms with E-state index in [0.717, 1.165) is 24.0 Å². The summed E-state index contributed by atoms with van der Waals surface area (Å²) in [4.78, 5) is 0. The van der Waals surface area contributed by atoms with E-state index in [9.17, 15) is 0 Å². The fraction of sp³-hybridized carbons (Fsp3) is 0.667. The van der Waals surface area contributed by atoms with Gasteiger partial charge in [-0.15, -0.1) is 0 Å². The highest BCUT2D eigenvalue weighted by atomic mass is 32.2. The maximum Gasteiger partial charge on any atom is 0.126 e. The van der Waals surface area contributed by atoms with Gasteiger partial charge in [0.15, 0.2) is 0 Å². The van der Waals surface area contributed by atoms with Crippen molar-refractivity contribution in [3.63, 3.8) is 0 Å². The predicted molar refractivity (Wildman–Crippen MR) is 91.3 cm³/mol. The molecule has 1 aromatic carbocycles. The van der Waals surface area contributed by atoms with E-state index in [1.54, 1.807) is 0 Å². The molecule has 1 aliphatic heterocycles. The summed E-state index contributed by atoms with van der Waals surface area (Å²) in [5.74, 6) is 1.13. The topological polar surface area (TPSA) is 21.3 Å². The first kappa shape index (κ1) is 15.2. The number of aryl methyl sites for hydroxylation is 1. The Labute approximate surface area is 133 Å². The smallest absolute Gasteiger partial charge is 0.126 e. The van der Waals surface area contributed by atoms with E-state index in [1.807, 2.05) is 11.8 Å². The zero-order chi connectivity index (χ0) is 14.7. The van der Waals surface area contributed by atoms with Gasteiger partial charge in [0.1, 0.15) is 5.75 Å². The second-order valence-electron chi connectivity index (χ2n) is 6.42. The van der Waals surface area contributed by atoms with Gasteiger partial charge in [-0.05, 0) is 50.8 Å². The van der Waals surface area contributed by atoms with Crippen molar-refractivity contribution in [3.05, 3.63) is 29.3 Å². The lowest BCUT2D eigenvalue weighted by molar-refractivity contribution is 0.308. The molecule has 0 spiro atoms. The highest BCUT2D eigenvalue weighted by molar-refractivity contribution is 7.99. The maximum atomic E-state index is 6.00. The summed E-state index contributed by atoms with van der Waals surface area (Å²) in [6, 6.07) is 7.72. The van der Waals surface area contributed by atoms with E-state index >= 15 is 0 Å². The van der Waals surface area contributed by atoms with Crippen molar-refractivity contribution in [1.82, 2.24) is 5.32 Å². The molecule has 1 N–H and O–H groups in total. The zero-order valence-corrected chi connectivity index (χ0v) is 14.0. The number of hydrogen-bond acceptors (Lipinski definition) is 3. The quantitative estimate of drug-likeness (QED) is 0.890. The number of hydrogen-bond donors (Lipinski definition) is 1. The number of thioether (sulfide) groups is 1. The lowest BCUT2D eigenvalue weighted by Crippen LogP contribution is -2.37. The minimum absolute atomic E-state index is 0.466. The Morgan fingerprint density at radius 3 is 2.95 bits per heavy atom. The Morgan fingerprint density at radius 2 is 2.10 bits per heavy atom. The van der Waals surface area contributed by atoms with Gasteiger partial charge in [0.05, 0.1) is 6.61 Å². The number of benzene rings is 1. The highest BCUT2D eigenvalue weighted by Gasteiger charge is 2.26. The molecular formula is C18H27NOS. The lowest BCUT2D eigenvalue weighted by atomic mass is 9.92. The van der Waals surface area contributed by atoms with Gasteiger partial charge in [-0.2, -0.15) is 11.8 Å². The zero-order valence-electron chi connectivity index (χ0n) is 13.2. The molecule has 1 heterocycles. The molecule has 0 amide bonds. The molecule has 1 aliphatic carbocycles. The van der Waals surface area contributed by atoms with Gasteiger partial charge in [0.2, 0.25) is 0 Å². The van der Waals surface area contributed by atoms with Crippen molar-refractivity contribution in [1.29, 1.82) is 0 Å². The second-order valence-corrected chi connectivity index (χ2v) is 7.56. The van der Waals surface area contributed by atoms with Crippen LogP contribution in [0.3, 0.4) is 0 Å². The number of rotatable bonds is 3. The van der Waals surface area contributed by atoms with Crippen LogP contribution in [0.1, 0.15) is 55.7 Å². The summed E-state index contributed by atoms with van der Waals surface area (Å²) < 4.78 is 6.00. The molecule has 3 heteroatoms. The molecule has 0 radical (unpaired) electrons. The summed E-state index contributed by atoms with van der Waals surface area (Å²) >= 11 is 2.04. The average Bonchev–Trinajstić information content (AvgIpc) is 2.71. The third kappa shape index (κ3) is 3.57. The van der Waals surface area contributed by atoms with E-state index in [1.165, 1.54) is 43.2 Å². The summed E-state index contributed by atoms with van der Waals surface area (Å²) in [6.07, 6.45) is 10.00. The molecule has 3 rings (SSSR count). The molecule has 1 fully saturated rings. The normalized spacial score (nSPS) is 29.3. The molecule has 2 aliphatic rings. The van der Waals surface area contributed by atoms with Crippen LogP contribution >= 0.6 is 11.8 Å². The first-order chi connectivity index (χ1) is 10.3. The SMILES string of the molecule is CSC1CCCC(NC2CCCOc3c(C)cccc32)C1. The van der Waals surface area contributed by atoms with Gasteiger partial charge < -0.3 is 10.1 Å². The molecule has 21 heavy (non-hydrogen) atoms. The van der Waals surface area contributed by atoms with Gasteiger partial charge >= 0.3 is 0 Å². The Balaban J connectivity index is 1.75. The fourth-order valence-corrected chi connectivity index (χ4v) is 4.56. The van der Waals surface area contributed by atoms with Crippen LogP contribution in [-0.2, 0) is 0 Å². The number of para-hydroxylation sites is 1. The Kier molecular flexibility index (Phi) is 5.12. The van der Waals surface area contributed by atoms with Crippen LogP contribution in [0.5, 0.6) is 5.75 Å². The molecular weight excluding hydrogens is 278 g/mol. The molecule has 3 unspecified atom stereocenters. The fourth-order valence-electron chi connectivity index (χ4n) is 3.73. The van der Waals surface area contributed by atoms with Gasteiger partial charge in [0.25, 0.3) is 0 Å². The minimum atomic E-state index is 0.466. The molecule has 1 saturated carbocycles. The van der Waals surface area contributed by atoms with Crippen molar-refractivity contribution in [2.45, 2.75) is 62.8 Å². The van der Waals surface area contributed by atoms with E-state index in [0.29, 0.717) is 12.1 Å². The third-order valence-corrected chi connectivity index (χ3v) is 5.99. The summed E-state index contributed by atoms with van der Waals surface area (Å²) in [7, 11) is 0. The van der Waals surface area contributed by atoms with E-state index in [2.05, 4.69) is 36.7 Å². The van der Waals surface area contributed by atoms with Crippen LogP contribution in [0.2, 0.25) is 0 Å². The second kappa shape index (κ2) is 7.06. The van der Waals surface area contributed by atoms with Gasteiger partial charge in [-0.3, -0.25) is 0 Å². The monoisotopic (exact) mass is 305 g/mol. The summed E-state index contributed by atoms with van der Waals surface area (Å²) in [5.41, 5.74) is 2.64. The first-order valence-electron chi connectivity index (χ1n) is 8.29. The van der Waals surface area contributed by atoms with Crippen LogP contribution in [0.25, 0.3) is 0 Å². The molecule has 3 atom stereocenters. The third-order valence-electron chi connectivity index (χ3n) is 4.90. The molecule has 0 saturated heterocycles. The van der Waals surface area contributed by atoms with Gasteiger partial charge in [0, 0.05) is 22.9 Å². The van der Waals surface area contributed by atoms with Crippen LogP contribution < -0.4 is 10.1 Å². The van der Waals surface area contributed by atoms with Crippen molar-refractivity contribution in [3.8, 4) is 5.75 Å². The Morgan fingerprint density at radius 1 is 1.19 bits per heavy atom. The molecule has 116 valence electrons. The number of nitrogens with one attached hydrogen (secondary N) is 1. The lowest BCUT2D eigenvalue weighted by Gasteiger charge is -2.32. The van der Waals surface area contributed by atoms with E-state index in [-0.39, 0.29) is 0 Å². The summed E-state index contributed by atoms with van der Waals surface area (Å²) in [6.45, 7) is 3.01.